The normalized spacial score (nSPS) is 13.8. The molecule has 0 atom stereocenters. The van der Waals surface area contributed by atoms with E-state index in [4.69, 9.17) is 16.7 Å². The number of hydrogen-bond acceptors (Lipinski definition) is 2. The highest BCUT2D eigenvalue weighted by atomic mass is 35.5. The standard InChI is InChI=1S/C21H22ClN3/c1-15-13-17(22)10-11-20(15)25-21-18(9-5-6-12-23-21)19(24-25)14-16-7-3-2-4-8-16/h2-4,7-8,10-11,13,23H,5-6,9,12,14H2,1H3. The summed E-state index contributed by atoms with van der Waals surface area (Å²) in [5.41, 5.74) is 6.05. The first-order valence-electron chi connectivity index (χ1n) is 8.87. The van der Waals surface area contributed by atoms with E-state index in [9.17, 15) is 0 Å². The summed E-state index contributed by atoms with van der Waals surface area (Å²) in [6.45, 7) is 3.08. The van der Waals surface area contributed by atoms with Gasteiger partial charge in [0.2, 0.25) is 0 Å². The van der Waals surface area contributed by atoms with Crippen molar-refractivity contribution in [3.05, 3.63) is 75.9 Å². The smallest absolute Gasteiger partial charge is 0.133 e. The molecule has 128 valence electrons. The zero-order valence-electron chi connectivity index (χ0n) is 14.4. The van der Waals surface area contributed by atoms with Crippen molar-refractivity contribution in [3.63, 3.8) is 0 Å². The van der Waals surface area contributed by atoms with Crippen molar-refractivity contribution >= 4 is 17.4 Å². The molecular formula is C21H22ClN3. The van der Waals surface area contributed by atoms with Crippen molar-refractivity contribution < 1.29 is 0 Å². The summed E-state index contributed by atoms with van der Waals surface area (Å²) >= 11 is 6.14. The minimum atomic E-state index is 0.761. The zero-order chi connectivity index (χ0) is 17.2. The van der Waals surface area contributed by atoms with Crippen LogP contribution in [0.4, 0.5) is 5.82 Å². The highest BCUT2D eigenvalue weighted by Crippen LogP contribution is 2.31. The minimum Gasteiger partial charge on any atom is -0.370 e. The predicted molar refractivity (Wildman–Crippen MR) is 104 cm³/mol. The van der Waals surface area contributed by atoms with Gasteiger partial charge in [-0.1, -0.05) is 41.9 Å². The maximum Gasteiger partial charge on any atom is 0.133 e. The Labute approximate surface area is 153 Å². The Morgan fingerprint density at radius 3 is 2.76 bits per heavy atom. The number of hydrogen-bond donors (Lipinski definition) is 1. The molecule has 1 aliphatic heterocycles. The maximum atomic E-state index is 6.14. The number of fused-ring (bicyclic) bond motifs is 1. The lowest BCUT2D eigenvalue weighted by molar-refractivity contribution is 0.767. The highest BCUT2D eigenvalue weighted by molar-refractivity contribution is 6.30. The maximum absolute atomic E-state index is 6.14. The van der Waals surface area contributed by atoms with Crippen LogP contribution < -0.4 is 5.32 Å². The fraction of sp³-hybridized carbons (Fsp3) is 0.286. The second-order valence-corrected chi connectivity index (χ2v) is 7.10. The number of aromatic nitrogens is 2. The van der Waals surface area contributed by atoms with E-state index >= 15 is 0 Å². The Balaban J connectivity index is 1.81. The Morgan fingerprint density at radius 1 is 1.12 bits per heavy atom. The fourth-order valence-corrected chi connectivity index (χ4v) is 3.76. The molecule has 0 saturated carbocycles. The third-order valence-electron chi connectivity index (χ3n) is 4.81. The van der Waals surface area contributed by atoms with E-state index in [0.29, 0.717) is 0 Å². The Bertz CT molecular complexity index is 884. The monoisotopic (exact) mass is 351 g/mol. The molecule has 0 amide bonds. The summed E-state index contributed by atoms with van der Waals surface area (Å²) < 4.78 is 2.07. The summed E-state index contributed by atoms with van der Waals surface area (Å²) in [7, 11) is 0. The second-order valence-electron chi connectivity index (χ2n) is 6.66. The van der Waals surface area contributed by atoms with Gasteiger partial charge in [0.15, 0.2) is 0 Å². The lowest BCUT2D eigenvalue weighted by atomic mass is 10.0. The van der Waals surface area contributed by atoms with Crippen molar-refractivity contribution in [2.24, 2.45) is 0 Å². The molecule has 0 radical (unpaired) electrons. The van der Waals surface area contributed by atoms with Crippen molar-refractivity contribution in [2.75, 3.05) is 11.9 Å². The number of anilines is 1. The molecule has 3 nitrogen and oxygen atoms in total. The number of halogens is 1. The van der Waals surface area contributed by atoms with Crippen LogP contribution in [0.5, 0.6) is 0 Å². The predicted octanol–water partition coefficient (Wildman–Crippen LogP) is 5.17. The van der Waals surface area contributed by atoms with Crippen LogP contribution in [0.1, 0.15) is 35.2 Å². The van der Waals surface area contributed by atoms with Gasteiger partial charge in [-0.05, 0) is 55.5 Å². The summed E-state index contributed by atoms with van der Waals surface area (Å²) in [5, 5.41) is 9.37. The van der Waals surface area contributed by atoms with E-state index in [1.54, 1.807) is 0 Å². The van der Waals surface area contributed by atoms with Gasteiger partial charge in [0.05, 0.1) is 11.4 Å². The van der Waals surface area contributed by atoms with Crippen LogP contribution in [0.25, 0.3) is 5.69 Å². The van der Waals surface area contributed by atoms with Crippen molar-refractivity contribution in [2.45, 2.75) is 32.6 Å². The number of rotatable bonds is 3. The molecule has 0 spiro atoms. The molecule has 0 aliphatic carbocycles. The first-order valence-corrected chi connectivity index (χ1v) is 9.25. The van der Waals surface area contributed by atoms with E-state index in [0.717, 1.165) is 41.5 Å². The quantitative estimate of drug-likeness (QED) is 0.705. The molecule has 0 unspecified atom stereocenters. The van der Waals surface area contributed by atoms with E-state index < -0.39 is 0 Å². The number of benzene rings is 2. The average Bonchev–Trinajstić information content (AvgIpc) is 2.79. The summed E-state index contributed by atoms with van der Waals surface area (Å²) in [4.78, 5) is 0. The average molecular weight is 352 g/mol. The molecule has 1 aromatic heterocycles. The van der Waals surface area contributed by atoms with E-state index in [-0.39, 0.29) is 0 Å². The van der Waals surface area contributed by atoms with Crippen LogP contribution in [0.3, 0.4) is 0 Å². The van der Waals surface area contributed by atoms with Crippen LogP contribution >= 0.6 is 11.6 Å². The zero-order valence-corrected chi connectivity index (χ0v) is 15.2. The highest BCUT2D eigenvalue weighted by Gasteiger charge is 2.21. The van der Waals surface area contributed by atoms with E-state index in [2.05, 4.69) is 53.3 Å². The molecule has 1 aliphatic rings. The van der Waals surface area contributed by atoms with Crippen molar-refractivity contribution in [3.8, 4) is 5.69 Å². The van der Waals surface area contributed by atoms with Gasteiger partial charge in [0.1, 0.15) is 5.82 Å². The largest absolute Gasteiger partial charge is 0.370 e. The van der Waals surface area contributed by atoms with E-state index in [1.165, 1.54) is 29.7 Å². The Kier molecular flexibility index (Phi) is 4.50. The number of aryl methyl sites for hydroxylation is 1. The van der Waals surface area contributed by atoms with Gasteiger partial charge in [-0.25, -0.2) is 4.68 Å². The van der Waals surface area contributed by atoms with Gasteiger partial charge in [0.25, 0.3) is 0 Å². The van der Waals surface area contributed by atoms with Gasteiger partial charge in [-0.3, -0.25) is 0 Å². The SMILES string of the molecule is Cc1cc(Cl)ccc1-n1nc(Cc2ccccc2)c2c1NCCCC2. The molecule has 4 rings (SSSR count). The molecular weight excluding hydrogens is 330 g/mol. The number of nitrogens with zero attached hydrogens (tertiary/aromatic N) is 2. The molecule has 1 N–H and O–H groups in total. The van der Waals surface area contributed by atoms with Gasteiger partial charge < -0.3 is 5.32 Å². The minimum absolute atomic E-state index is 0.761. The van der Waals surface area contributed by atoms with Gasteiger partial charge in [-0.2, -0.15) is 5.10 Å². The third-order valence-corrected chi connectivity index (χ3v) is 5.05. The van der Waals surface area contributed by atoms with Crippen LogP contribution in [-0.2, 0) is 12.8 Å². The molecule has 0 fully saturated rings. The van der Waals surface area contributed by atoms with Gasteiger partial charge in [0, 0.05) is 23.6 Å². The Hall–Kier alpha value is -2.26. The molecule has 0 saturated heterocycles. The van der Waals surface area contributed by atoms with Gasteiger partial charge >= 0.3 is 0 Å². The Morgan fingerprint density at radius 2 is 1.96 bits per heavy atom. The lowest BCUT2D eigenvalue weighted by Gasteiger charge is -2.11. The summed E-state index contributed by atoms with van der Waals surface area (Å²) in [6, 6.07) is 16.6. The van der Waals surface area contributed by atoms with Crippen LogP contribution in [0.15, 0.2) is 48.5 Å². The molecule has 0 bridgehead atoms. The molecule has 25 heavy (non-hydrogen) atoms. The van der Waals surface area contributed by atoms with Crippen molar-refractivity contribution in [1.29, 1.82) is 0 Å². The molecule has 4 heteroatoms. The van der Waals surface area contributed by atoms with Crippen LogP contribution in [0, 0.1) is 6.92 Å². The van der Waals surface area contributed by atoms with E-state index in [1.807, 2.05) is 12.1 Å². The second kappa shape index (κ2) is 6.93. The summed E-state index contributed by atoms with van der Waals surface area (Å²) in [6.07, 6.45) is 4.34. The topological polar surface area (TPSA) is 29.9 Å². The molecule has 2 heterocycles. The third kappa shape index (κ3) is 3.29. The first-order chi connectivity index (χ1) is 12.2. The van der Waals surface area contributed by atoms with Crippen molar-refractivity contribution in [1.82, 2.24) is 9.78 Å². The summed E-state index contributed by atoms with van der Waals surface area (Å²) in [5.74, 6) is 1.15. The lowest BCUT2D eigenvalue weighted by Crippen LogP contribution is -2.08. The fourth-order valence-electron chi connectivity index (χ4n) is 3.54. The van der Waals surface area contributed by atoms with Gasteiger partial charge in [-0.15, -0.1) is 0 Å². The van der Waals surface area contributed by atoms with Crippen LogP contribution in [0.2, 0.25) is 5.02 Å². The molecule has 2 aromatic carbocycles. The first kappa shape index (κ1) is 16.2. The van der Waals surface area contributed by atoms with Crippen LogP contribution in [-0.4, -0.2) is 16.3 Å². The molecule has 3 aromatic rings. The number of nitrogens with one attached hydrogen (secondary N) is 1.